The van der Waals surface area contributed by atoms with Gasteiger partial charge in [-0.3, -0.25) is 0 Å². The smallest absolute Gasteiger partial charge is 0.410 e. The summed E-state index contributed by atoms with van der Waals surface area (Å²) in [6.07, 6.45) is 7.28. The quantitative estimate of drug-likeness (QED) is 0.188. The number of benzene rings is 3. The minimum atomic E-state index is -0.845. The average Bonchev–Trinajstić information content (AvgIpc) is 3.20. The highest BCUT2D eigenvalue weighted by Gasteiger charge is 2.23. The van der Waals surface area contributed by atoms with Crippen LogP contribution < -0.4 is 15.1 Å². The number of hydrogen-bond acceptors (Lipinski definition) is 10. The Labute approximate surface area is 353 Å². The number of carboxylic acid groups (broad SMARTS) is 1. The number of nitrogens with one attached hydrogen (secondary N) is 1. The van der Waals surface area contributed by atoms with Crippen molar-refractivity contribution in [1.29, 1.82) is 0 Å². The number of carbonyl (C=O) groups is 4. The first-order valence-electron chi connectivity index (χ1n) is 20.1. The van der Waals surface area contributed by atoms with Crippen LogP contribution in [0, 0.1) is 20.8 Å². The number of aromatic carboxylic acids is 1. The van der Waals surface area contributed by atoms with Gasteiger partial charge >= 0.3 is 24.0 Å². The van der Waals surface area contributed by atoms with Gasteiger partial charge < -0.3 is 39.3 Å². The number of anilines is 2. The number of amides is 1. The SMILES string of the molecule is CC(C)(C)OC(=O)N1CCNCC1.COC(=O)c1cc(C)cc(Br)c1.COC(=O)c1cc(C)cc(N2CCCCC2)c1.Cc1cc(C(=O)O)cc(N2CCCCC2)c1. The summed E-state index contributed by atoms with van der Waals surface area (Å²) in [5.74, 6) is -1.41. The van der Waals surface area contributed by atoms with Gasteiger partial charge in [-0.05, 0) is 151 Å². The number of rotatable bonds is 5. The maximum absolute atomic E-state index is 11.6. The lowest BCUT2D eigenvalue weighted by atomic mass is 10.1. The fourth-order valence-electron chi connectivity index (χ4n) is 6.70. The third-order valence-electron chi connectivity index (χ3n) is 9.47. The third-order valence-corrected chi connectivity index (χ3v) is 9.92. The van der Waals surface area contributed by atoms with Gasteiger partial charge in [-0.2, -0.15) is 0 Å². The largest absolute Gasteiger partial charge is 0.478 e. The van der Waals surface area contributed by atoms with Crippen LogP contribution in [0.15, 0.2) is 59.1 Å². The lowest BCUT2D eigenvalue weighted by molar-refractivity contribution is 0.0228. The maximum atomic E-state index is 11.6. The Hall–Kier alpha value is -4.62. The normalized spacial score (nSPS) is 15.2. The Morgan fingerprint density at radius 1 is 0.603 bits per heavy atom. The summed E-state index contributed by atoms with van der Waals surface area (Å²) in [6.45, 7) is 19.0. The summed E-state index contributed by atoms with van der Waals surface area (Å²) in [6, 6.07) is 17.0. The standard InChI is InChI=1S/C14H19NO2.C13H17NO2.C9H9BrO2.C9H18N2O2/c1-11-8-12(14(16)17-2)10-13(9-11)15-6-4-3-5-7-15;1-10-7-11(13(15)16)9-12(8-10)14-5-3-2-4-6-14;1-6-3-7(9(11)12-2)5-8(10)4-6;1-9(2,3)13-8(12)11-6-4-10-5-7-11/h8-10H,3-7H2,1-2H3;7-9H,2-6H2,1H3,(H,15,16);3-5H,1-2H3;10H,4-7H2,1-3H3. The fourth-order valence-corrected chi connectivity index (χ4v) is 7.31. The second kappa shape index (κ2) is 23.7. The number of ether oxygens (including phenoxy) is 3. The summed E-state index contributed by atoms with van der Waals surface area (Å²) in [5.41, 5.74) is 6.57. The molecule has 0 aliphatic carbocycles. The molecule has 12 nitrogen and oxygen atoms in total. The molecule has 3 aliphatic heterocycles. The zero-order chi connectivity index (χ0) is 42.8. The predicted octanol–water partition coefficient (Wildman–Crippen LogP) is 8.83. The molecular formula is C45H63BrN4O8. The molecule has 3 fully saturated rings. The predicted molar refractivity (Wildman–Crippen MR) is 234 cm³/mol. The number of hydrogen-bond donors (Lipinski definition) is 2. The zero-order valence-corrected chi connectivity index (χ0v) is 37.2. The molecule has 3 heterocycles. The highest BCUT2D eigenvalue weighted by Crippen LogP contribution is 2.24. The van der Waals surface area contributed by atoms with E-state index in [1.807, 2.05) is 59.7 Å². The molecule has 0 bridgehead atoms. The maximum Gasteiger partial charge on any atom is 0.410 e. The molecule has 13 heteroatoms. The average molecular weight is 868 g/mol. The number of aryl methyl sites for hydroxylation is 3. The van der Waals surface area contributed by atoms with Crippen molar-refractivity contribution in [3.63, 3.8) is 0 Å². The van der Waals surface area contributed by atoms with Gasteiger partial charge in [0.15, 0.2) is 0 Å². The third kappa shape index (κ3) is 16.7. The second-order valence-corrected chi connectivity index (χ2v) is 16.6. The molecule has 6 rings (SSSR count). The number of nitrogens with zero attached hydrogens (tertiary/aromatic N) is 3. The lowest BCUT2D eigenvalue weighted by Crippen LogP contribution is -2.48. The van der Waals surface area contributed by atoms with Crippen molar-refractivity contribution >= 4 is 51.3 Å². The second-order valence-electron chi connectivity index (χ2n) is 15.7. The molecule has 3 aliphatic rings. The van der Waals surface area contributed by atoms with Crippen LogP contribution in [-0.4, -0.2) is 106 Å². The van der Waals surface area contributed by atoms with Gasteiger partial charge in [0.2, 0.25) is 0 Å². The monoisotopic (exact) mass is 866 g/mol. The number of piperidine rings is 2. The van der Waals surface area contributed by atoms with E-state index in [0.29, 0.717) is 16.7 Å². The Balaban J connectivity index is 0.000000209. The van der Waals surface area contributed by atoms with E-state index in [0.717, 1.165) is 84.9 Å². The molecule has 3 aromatic carbocycles. The van der Waals surface area contributed by atoms with Crippen molar-refractivity contribution in [3.05, 3.63) is 92.5 Å². The van der Waals surface area contributed by atoms with Crippen LogP contribution in [0.1, 0.15) is 107 Å². The molecule has 0 saturated carbocycles. The molecule has 0 radical (unpaired) electrons. The van der Waals surface area contributed by atoms with Crippen LogP contribution in [0.3, 0.4) is 0 Å². The first-order valence-corrected chi connectivity index (χ1v) is 20.9. The fraction of sp³-hybridized carbons (Fsp3) is 0.511. The van der Waals surface area contributed by atoms with Crippen LogP contribution in [0.4, 0.5) is 16.2 Å². The van der Waals surface area contributed by atoms with Crippen molar-refractivity contribution in [3.8, 4) is 0 Å². The molecule has 318 valence electrons. The van der Waals surface area contributed by atoms with E-state index in [4.69, 9.17) is 14.6 Å². The van der Waals surface area contributed by atoms with Gasteiger partial charge in [0, 0.05) is 68.2 Å². The van der Waals surface area contributed by atoms with Gasteiger partial charge in [-0.1, -0.05) is 15.9 Å². The summed E-state index contributed by atoms with van der Waals surface area (Å²) in [4.78, 5) is 51.5. The Bertz CT molecular complexity index is 1790. The summed E-state index contributed by atoms with van der Waals surface area (Å²) >= 11 is 3.30. The number of piperazine rings is 1. The summed E-state index contributed by atoms with van der Waals surface area (Å²) in [7, 11) is 2.80. The number of carbonyl (C=O) groups excluding carboxylic acids is 3. The molecule has 3 saturated heterocycles. The minimum absolute atomic E-state index is 0.200. The van der Waals surface area contributed by atoms with Crippen LogP contribution in [0.5, 0.6) is 0 Å². The van der Waals surface area contributed by atoms with E-state index >= 15 is 0 Å². The first-order chi connectivity index (χ1) is 27.5. The van der Waals surface area contributed by atoms with E-state index in [-0.39, 0.29) is 23.6 Å². The highest BCUT2D eigenvalue weighted by molar-refractivity contribution is 9.10. The van der Waals surface area contributed by atoms with Crippen molar-refractivity contribution < 1.29 is 38.5 Å². The molecular weight excluding hydrogens is 804 g/mol. The Morgan fingerprint density at radius 2 is 1.02 bits per heavy atom. The van der Waals surface area contributed by atoms with Gasteiger partial charge in [-0.15, -0.1) is 0 Å². The molecule has 3 aromatic rings. The molecule has 0 aromatic heterocycles. The molecule has 1 amide bonds. The molecule has 0 atom stereocenters. The number of esters is 2. The van der Waals surface area contributed by atoms with Crippen molar-refractivity contribution in [1.82, 2.24) is 10.2 Å². The Kier molecular flexibility index (Phi) is 19.5. The van der Waals surface area contributed by atoms with Gasteiger partial charge in [-0.25, -0.2) is 19.2 Å². The first kappa shape index (κ1) is 47.8. The van der Waals surface area contributed by atoms with Crippen LogP contribution >= 0.6 is 15.9 Å². The van der Waals surface area contributed by atoms with E-state index in [1.54, 1.807) is 29.2 Å². The van der Waals surface area contributed by atoms with E-state index in [2.05, 4.69) is 47.9 Å². The van der Waals surface area contributed by atoms with Crippen molar-refractivity contribution in [2.75, 3.05) is 76.4 Å². The number of methoxy groups -OCH3 is 2. The summed E-state index contributed by atoms with van der Waals surface area (Å²) in [5, 5.41) is 12.2. The van der Waals surface area contributed by atoms with Gasteiger partial charge in [0.25, 0.3) is 0 Å². The van der Waals surface area contributed by atoms with E-state index < -0.39 is 5.97 Å². The molecule has 0 unspecified atom stereocenters. The van der Waals surface area contributed by atoms with Gasteiger partial charge in [0.1, 0.15) is 5.60 Å². The van der Waals surface area contributed by atoms with E-state index in [9.17, 15) is 19.2 Å². The lowest BCUT2D eigenvalue weighted by Gasteiger charge is -2.30. The van der Waals surface area contributed by atoms with Crippen LogP contribution in [0.2, 0.25) is 0 Å². The van der Waals surface area contributed by atoms with Crippen LogP contribution in [0.25, 0.3) is 0 Å². The molecule has 0 spiro atoms. The molecule has 2 N–H and O–H groups in total. The number of halogens is 1. The minimum Gasteiger partial charge on any atom is -0.478 e. The summed E-state index contributed by atoms with van der Waals surface area (Å²) < 4.78 is 15.5. The molecule has 58 heavy (non-hydrogen) atoms. The highest BCUT2D eigenvalue weighted by atomic mass is 79.9. The topological polar surface area (TPSA) is 138 Å². The Morgan fingerprint density at radius 3 is 1.43 bits per heavy atom. The number of carboxylic acids is 1. The van der Waals surface area contributed by atoms with E-state index in [1.165, 1.54) is 52.7 Å². The van der Waals surface area contributed by atoms with Gasteiger partial charge in [0.05, 0.1) is 30.9 Å². The van der Waals surface area contributed by atoms with Crippen molar-refractivity contribution in [2.24, 2.45) is 0 Å². The zero-order valence-electron chi connectivity index (χ0n) is 35.6. The van der Waals surface area contributed by atoms with Crippen LogP contribution in [-0.2, 0) is 14.2 Å². The van der Waals surface area contributed by atoms with Crippen molar-refractivity contribution in [2.45, 2.75) is 85.7 Å².